The van der Waals surface area contributed by atoms with Gasteiger partial charge in [-0.3, -0.25) is 4.98 Å². The highest BCUT2D eigenvalue weighted by atomic mass is 32.2. The van der Waals surface area contributed by atoms with Crippen molar-refractivity contribution in [1.29, 1.82) is 5.26 Å². The number of nitrogens with one attached hydrogen (secondary N) is 1. The van der Waals surface area contributed by atoms with E-state index in [1.54, 1.807) is 6.20 Å². The maximum atomic E-state index is 11.4. The summed E-state index contributed by atoms with van der Waals surface area (Å²) < 4.78 is 22.9. The van der Waals surface area contributed by atoms with Crippen LogP contribution in [0, 0.1) is 11.3 Å². The molecule has 0 saturated carbocycles. The Balaban J connectivity index is 1.59. The van der Waals surface area contributed by atoms with Crippen molar-refractivity contribution in [3.8, 4) is 6.07 Å². The van der Waals surface area contributed by atoms with E-state index in [1.165, 1.54) is 0 Å². The summed E-state index contributed by atoms with van der Waals surface area (Å²) in [5.41, 5.74) is 2.22. The van der Waals surface area contributed by atoms with E-state index in [9.17, 15) is 13.7 Å². The number of rotatable bonds is 5. The first kappa shape index (κ1) is 16.7. The minimum Gasteiger partial charge on any atom is -0.383 e. The fourth-order valence-corrected chi connectivity index (χ4v) is 4.18. The lowest BCUT2D eigenvalue weighted by Gasteiger charge is -2.26. The third-order valence-corrected chi connectivity index (χ3v) is 5.90. The average Bonchev–Trinajstić information content (AvgIpc) is 2.59. The average molecular weight is 344 g/mol. The van der Waals surface area contributed by atoms with Crippen LogP contribution in [0.2, 0.25) is 0 Å². The van der Waals surface area contributed by atoms with Gasteiger partial charge in [0.05, 0.1) is 28.3 Å². The molecule has 1 fully saturated rings. The maximum Gasteiger partial charge on any atom is 0.152 e. The third-order valence-electron chi connectivity index (χ3n) is 4.29. The Bertz CT molecular complexity index is 860. The van der Waals surface area contributed by atoms with Gasteiger partial charge in [-0.2, -0.15) is 5.26 Å². The SMILES string of the molecule is N#Cc1cnc2ccccc2c1NCCCN1CCS(=O)(=O)CC1. The standard InChI is InChI=1S/C17H20N4O2S/c18-12-14-13-20-16-5-2-1-4-15(16)17(14)19-6-3-7-21-8-10-24(22,23)11-9-21/h1-2,4-5,13H,3,6-11H2,(H,19,20). The highest BCUT2D eigenvalue weighted by Gasteiger charge is 2.20. The molecule has 2 heterocycles. The zero-order chi connectivity index (χ0) is 17.0. The normalized spacial score (nSPS) is 17.5. The molecule has 1 N–H and O–H groups in total. The lowest BCUT2D eigenvalue weighted by Crippen LogP contribution is -2.41. The van der Waals surface area contributed by atoms with Crippen LogP contribution >= 0.6 is 0 Å². The molecule has 1 aromatic heterocycles. The van der Waals surface area contributed by atoms with E-state index in [0.29, 0.717) is 18.7 Å². The van der Waals surface area contributed by atoms with Crippen molar-refractivity contribution in [2.75, 3.05) is 43.0 Å². The van der Waals surface area contributed by atoms with Crippen LogP contribution in [0.3, 0.4) is 0 Å². The molecule has 1 aromatic carbocycles. The molecule has 0 aliphatic carbocycles. The van der Waals surface area contributed by atoms with Gasteiger partial charge in [0.15, 0.2) is 9.84 Å². The van der Waals surface area contributed by atoms with Gasteiger partial charge in [0.1, 0.15) is 6.07 Å². The summed E-state index contributed by atoms with van der Waals surface area (Å²) in [6.45, 7) is 2.81. The first-order valence-corrected chi connectivity index (χ1v) is 9.86. The number of aromatic nitrogens is 1. The van der Waals surface area contributed by atoms with Crippen LogP contribution in [-0.2, 0) is 9.84 Å². The molecule has 24 heavy (non-hydrogen) atoms. The quantitative estimate of drug-likeness (QED) is 0.830. The van der Waals surface area contributed by atoms with Crippen molar-refractivity contribution < 1.29 is 8.42 Å². The number of pyridine rings is 1. The zero-order valence-corrected chi connectivity index (χ0v) is 14.2. The number of benzene rings is 1. The predicted octanol–water partition coefficient (Wildman–Crippen LogP) is 1.64. The summed E-state index contributed by atoms with van der Waals surface area (Å²) in [6.07, 6.45) is 2.49. The topological polar surface area (TPSA) is 86.1 Å². The summed E-state index contributed by atoms with van der Waals surface area (Å²) in [4.78, 5) is 6.48. The van der Waals surface area contributed by atoms with Gasteiger partial charge in [0.25, 0.3) is 0 Å². The molecule has 1 saturated heterocycles. The Morgan fingerprint density at radius 3 is 2.75 bits per heavy atom. The van der Waals surface area contributed by atoms with Crippen LogP contribution in [-0.4, -0.2) is 56.0 Å². The van der Waals surface area contributed by atoms with Crippen LogP contribution in [0.5, 0.6) is 0 Å². The maximum absolute atomic E-state index is 11.4. The minimum atomic E-state index is -2.82. The Morgan fingerprint density at radius 1 is 1.25 bits per heavy atom. The lowest BCUT2D eigenvalue weighted by atomic mass is 10.1. The molecule has 0 radical (unpaired) electrons. The number of fused-ring (bicyclic) bond motifs is 1. The first-order valence-electron chi connectivity index (χ1n) is 8.03. The molecule has 126 valence electrons. The highest BCUT2D eigenvalue weighted by Crippen LogP contribution is 2.25. The molecule has 2 aromatic rings. The van der Waals surface area contributed by atoms with Crippen LogP contribution in [0.15, 0.2) is 30.5 Å². The second-order valence-electron chi connectivity index (χ2n) is 5.95. The van der Waals surface area contributed by atoms with Crippen LogP contribution in [0.25, 0.3) is 10.9 Å². The fraction of sp³-hybridized carbons (Fsp3) is 0.412. The van der Waals surface area contributed by atoms with Crippen molar-refractivity contribution in [3.63, 3.8) is 0 Å². The van der Waals surface area contributed by atoms with E-state index in [4.69, 9.17) is 0 Å². The van der Waals surface area contributed by atoms with Gasteiger partial charge in [0, 0.05) is 31.2 Å². The number of sulfone groups is 1. The first-order chi connectivity index (χ1) is 11.6. The van der Waals surface area contributed by atoms with Gasteiger partial charge in [0.2, 0.25) is 0 Å². The van der Waals surface area contributed by atoms with Crippen molar-refractivity contribution in [2.45, 2.75) is 6.42 Å². The monoisotopic (exact) mass is 344 g/mol. The Kier molecular flexibility index (Phi) is 4.97. The largest absolute Gasteiger partial charge is 0.383 e. The summed E-state index contributed by atoms with van der Waals surface area (Å²) in [5, 5.41) is 13.6. The molecule has 0 bridgehead atoms. The summed E-state index contributed by atoms with van der Waals surface area (Å²) in [7, 11) is -2.82. The molecule has 0 atom stereocenters. The van der Waals surface area contributed by atoms with E-state index in [2.05, 4.69) is 21.3 Å². The van der Waals surface area contributed by atoms with Crippen LogP contribution in [0.1, 0.15) is 12.0 Å². The van der Waals surface area contributed by atoms with E-state index in [1.807, 2.05) is 24.3 Å². The summed E-state index contributed by atoms with van der Waals surface area (Å²) >= 11 is 0. The van der Waals surface area contributed by atoms with E-state index < -0.39 is 9.84 Å². The summed E-state index contributed by atoms with van der Waals surface area (Å²) in [6, 6.07) is 9.93. The second-order valence-corrected chi connectivity index (χ2v) is 8.25. The molecule has 0 spiro atoms. The van der Waals surface area contributed by atoms with E-state index >= 15 is 0 Å². The number of hydrogen-bond donors (Lipinski definition) is 1. The molecule has 7 heteroatoms. The summed E-state index contributed by atoms with van der Waals surface area (Å²) in [5.74, 6) is 0.516. The molecule has 0 amide bonds. The van der Waals surface area contributed by atoms with Crippen molar-refractivity contribution in [1.82, 2.24) is 9.88 Å². The fourth-order valence-electron chi connectivity index (χ4n) is 2.91. The van der Waals surface area contributed by atoms with Gasteiger partial charge >= 0.3 is 0 Å². The molecular formula is C17H20N4O2S. The van der Waals surface area contributed by atoms with Crippen LogP contribution < -0.4 is 5.32 Å². The number of para-hydroxylation sites is 1. The Labute approximate surface area is 142 Å². The predicted molar refractivity (Wildman–Crippen MR) is 94.7 cm³/mol. The minimum absolute atomic E-state index is 0.258. The number of nitriles is 1. The lowest BCUT2D eigenvalue weighted by molar-refractivity contribution is 0.295. The molecule has 1 aliphatic heterocycles. The van der Waals surface area contributed by atoms with Crippen LogP contribution in [0.4, 0.5) is 5.69 Å². The Morgan fingerprint density at radius 2 is 2.00 bits per heavy atom. The molecule has 0 unspecified atom stereocenters. The third kappa shape index (κ3) is 3.83. The van der Waals surface area contributed by atoms with Gasteiger partial charge in [-0.05, 0) is 19.0 Å². The van der Waals surface area contributed by atoms with E-state index in [0.717, 1.165) is 36.1 Å². The van der Waals surface area contributed by atoms with Gasteiger partial charge in [-0.15, -0.1) is 0 Å². The highest BCUT2D eigenvalue weighted by molar-refractivity contribution is 7.91. The number of anilines is 1. The molecular weight excluding hydrogens is 324 g/mol. The Hall–Kier alpha value is -2.17. The van der Waals surface area contributed by atoms with Gasteiger partial charge in [-0.1, -0.05) is 18.2 Å². The number of hydrogen-bond acceptors (Lipinski definition) is 6. The van der Waals surface area contributed by atoms with E-state index in [-0.39, 0.29) is 11.5 Å². The number of nitrogens with zero attached hydrogens (tertiary/aromatic N) is 3. The smallest absolute Gasteiger partial charge is 0.152 e. The molecule has 1 aliphatic rings. The van der Waals surface area contributed by atoms with Gasteiger partial charge < -0.3 is 10.2 Å². The van der Waals surface area contributed by atoms with Crippen molar-refractivity contribution in [2.24, 2.45) is 0 Å². The van der Waals surface area contributed by atoms with Crippen molar-refractivity contribution in [3.05, 3.63) is 36.0 Å². The zero-order valence-electron chi connectivity index (χ0n) is 13.4. The molecule has 6 nitrogen and oxygen atoms in total. The molecule has 3 rings (SSSR count). The second kappa shape index (κ2) is 7.16. The van der Waals surface area contributed by atoms with Gasteiger partial charge in [-0.25, -0.2) is 8.42 Å². The van der Waals surface area contributed by atoms with Crippen molar-refractivity contribution >= 4 is 26.4 Å².